The molecule has 2 heterocycles. The van der Waals surface area contributed by atoms with Crippen LogP contribution in [0.5, 0.6) is 0 Å². The van der Waals surface area contributed by atoms with Crippen LogP contribution in [0.3, 0.4) is 0 Å². The van der Waals surface area contributed by atoms with E-state index in [0.29, 0.717) is 5.92 Å². The zero-order valence-electron chi connectivity index (χ0n) is 11.6. The molecular formula is C14H20BrNO2S. The van der Waals surface area contributed by atoms with Gasteiger partial charge in [0.25, 0.3) is 0 Å². The molecule has 1 saturated heterocycles. The van der Waals surface area contributed by atoms with Gasteiger partial charge in [-0.1, -0.05) is 0 Å². The Morgan fingerprint density at radius 2 is 2.21 bits per heavy atom. The van der Waals surface area contributed by atoms with Gasteiger partial charge in [-0.2, -0.15) is 0 Å². The Bertz CT molecular complexity index is 453. The highest BCUT2D eigenvalue weighted by Crippen LogP contribution is 2.34. The molecule has 1 amide bonds. The van der Waals surface area contributed by atoms with Crippen LogP contribution in [0.25, 0.3) is 0 Å². The molecule has 19 heavy (non-hydrogen) atoms. The number of carbonyl (C=O) groups is 1. The summed E-state index contributed by atoms with van der Waals surface area (Å²) in [4.78, 5) is 15.3. The first-order valence-corrected chi connectivity index (χ1v) is 8.19. The van der Waals surface area contributed by atoms with Crippen molar-refractivity contribution in [1.29, 1.82) is 0 Å². The van der Waals surface area contributed by atoms with Gasteiger partial charge >= 0.3 is 6.09 Å². The standard InChI is InChI=1S/C14H20BrNO2S/c1-14(2,3)18-13(17)16-8-4-5-10(9-16)11-6-7-12(15)19-11/h6-7,10H,4-5,8-9H2,1-3H3. The second-order valence-electron chi connectivity index (χ2n) is 5.91. The summed E-state index contributed by atoms with van der Waals surface area (Å²) in [6, 6.07) is 4.23. The summed E-state index contributed by atoms with van der Waals surface area (Å²) in [7, 11) is 0. The molecule has 1 aromatic rings. The van der Waals surface area contributed by atoms with Crippen LogP contribution in [0.2, 0.25) is 0 Å². The maximum absolute atomic E-state index is 12.1. The van der Waals surface area contributed by atoms with Gasteiger partial charge in [0.05, 0.1) is 3.79 Å². The third-order valence-corrected chi connectivity index (χ3v) is 4.86. The molecule has 1 aromatic heterocycles. The van der Waals surface area contributed by atoms with Gasteiger partial charge < -0.3 is 9.64 Å². The van der Waals surface area contributed by atoms with Crippen LogP contribution in [-0.4, -0.2) is 29.7 Å². The molecule has 2 rings (SSSR count). The quantitative estimate of drug-likeness (QED) is 0.742. The Morgan fingerprint density at radius 3 is 2.79 bits per heavy atom. The summed E-state index contributed by atoms with van der Waals surface area (Å²) in [5, 5.41) is 0. The first-order chi connectivity index (χ1) is 8.85. The van der Waals surface area contributed by atoms with E-state index < -0.39 is 5.60 Å². The highest BCUT2D eigenvalue weighted by Gasteiger charge is 2.28. The third-order valence-electron chi connectivity index (χ3n) is 3.07. The summed E-state index contributed by atoms with van der Waals surface area (Å²) in [5.74, 6) is 0.442. The summed E-state index contributed by atoms with van der Waals surface area (Å²) in [5.41, 5.74) is -0.421. The van der Waals surface area contributed by atoms with E-state index in [0.717, 1.165) is 29.7 Å². The van der Waals surface area contributed by atoms with E-state index in [2.05, 4.69) is 28.1 Å². The number of thiophene rings is 1. The number of halogens is 1. The Hall–Kier alpha value is -0.550. The summed E-state index contributed by atoms with van der Waals surface area (Å²) in [6.07, 6.45) is 2.00. The fourth-order valence-corrected chi connectivity index (χ4v) is 3.80. The van der Waals surface area contributed by atoms with Crippen LogP contribution in [-0.2, 0) is 4.74 Å². The molecule has 0 saturated carbocycles. The average Bonchev–Trinajstić information content (AvgIpc) is 2.74. The van der Waals surface area contributed by atoms with Crippen molar-refractivity contribution in [2.75, 3.05) is 13.1 Å². The van der Waals surface area contributed by atoms with Crippen LogP contribution in [0.15, 0.2) is 15.9 Å². The molecule has 0 N–H and O–H groups in total. The minimum Gasteiger partial charge on any atom is -0.444 e. The molecule has 0 radical (unpaired) electrons. The lowest BCUT2D eigenvalue weighted by Crippen LogP contribution is -2.42. The number of piperidine rings is 1. The van der Waals surface area contributed by atoms with Crippen molar-refractivity contribution in [2.45, 2.75) is 45.1 Å². The second kappa shape index (κ2) is 5.83. The molecule has 5 heteroatoms. The van der Waals surface area contributed by atoms with Gasteiger partial charge in [-0.15, -0.1) is 11.3 Å². The molecule has 0 aromatic carbocycles. The minimum absolute atomic E-state index is 0.187. The van der Waals surface area contributed by atoms with Crippen molar-refractivity contribution in [3.05, 3.63) is 20.8 Å². The predicted octanol–water partition coefficient (Wildman–Crippen LogP) is 4.63. The first kappa shape index (κ1) is 14.9. The Labute approximate surface area is 127 Å². The van der Waals surface area contributed by atoms with Crippen molar-refractivity contribution < 1.29 is 9.53 Å². The van der Waals surface area contributed by atoms with E-state index >= 15 is 0 Å². The largest absolute Gasteiger partial charge is 0.444 e. The summed E-state index contributed by atoms with van der Waals surface area (Å²) < 4.78 is 6.60. The molecule has 0 spiro atoms. The Kier molecular flexibility index (Phi) is 4.56. The topological polar surface area (TPSA) is 29.5 Å². The molecule has 106 valence electrons. The predicted molar refractivity (Wildman–Crippen MR) is 81.8 cm³/mol. The van der Waals surface area contributed by atoms with E-state index in [-0.39, 0.29) is 6.09 Å². The monoisotopic (exact) mass is 345 g/mol. The second-order valence-corrected chi connectivity index (χ2v) is 8.40. The minimum atomic E-state index is -0.421. The Morgan fingerprint density at radius 1 is 1.47 bits per heavy atom. The third kappa shape index (κ3) is 4.21. The number of hydrogen-bond donors (Lipinski definition) is 0. The molecule has 1 aliphatic heterocycles. The van der Waals surface area contributed by atoms with E-state index in [1.54, 1.807) is 11.3 Å². The van der Waals surface area contributed by atoms with E-state index in [4.69, 9.17) is 4.74 Å². The van der Waals surface area contributed by atoms with E-state index in [1.807, 2.05) is 25.7 Å². The van der Waals surface area contributed by atoms with Gasteiger partial charge in [0, 0.05) is 23.9 Å². The summed E-state index contributed by atoms with van der Waals surface area (Å²) >= 11 is 5.25. The van der Waals surface area contributed by atoms with Crippen molar-refractivity contribution in [2.24, 2.45) is 0 Å². The number of rotatable bonds is 1. The number of likely N-dealkylation sites (tertiary alicyclic amines) is 1. The van der Waals surface area contributed by atoms with Gasteiger partial charge in [0.2, 0.25) is 0 Å². The van der Waals surface area contributed by atoms with Gasteiger partial charge in [0.1, 0.15) is 5.60 Å². The van der Waals surface area contributed by atoms with Crippen molar-refractivity contribution in [1.82, 2.24) is 4.90 Å². The molecule has 0 bridgehead atoms. The molecule has 1 fully saturated rings. The molecular weight excluding hydrogens is 326 g/mol. The van der Waals surface area contributed by atoms with Gasteiger partial charge in [-0.25, -0.2) is 4.79 Å². The number of ether oxygens (including phenoxy) is 1. The Balaban J connectivity index is 1.99. The van der Waals surface area contributed by atoms with Crippen LogP contribution < -0.4 is 0 Å². The number of amides is 1. The average molecular weight is 346 g/mol. The zero-order valence-corrected chi connectivity index (χ0v) is 14.0. The van der Waals surface area contributed by atoms with Gasteiger partial charge in [-0.3, -0.25) is 0 Å². The smallest absolute Gasteiger partial charge is 0.410 e. The lowest BCUT2D eigenvalue weighted by molar-refractivity contribution is 0.0199. The molecule has 3 nitrogen and oxygen atoms in total. The lowest BCUT2D eigenvalue weighted by atomic mass is 9.97. The van der Waals surface area contributed by atoms with Gasteiger partial charge in [-0.05, 0) is 61.7 Å². The highest BCUT2D eigenvalue weighted by atomic mass is 79.9. The SMILES string of the molecule is CC(C)(C)OC(=O)N1CCCC(c2ccc(Br)s2)C1. The molecule has 0 aliphatic carbocycles. The van der Waals surface area contributed by atoms with Crippen LogP contribution in [0.4, 0.5) is 4.79 Å². The fraction of sp³-hybridized carbons (Fsp3) is 0.643. The lowest BCUT2D eigenvalue weighted by Gasteiger charge is -2.33. The normalized spacial score (nSPS) is 20.4. The maximum atomic E-state index is 12.1. The van der Waals surface area contributed by atoms with Crippen LogP contribution in [0.1, 0.15) is 44.4 Å². The molecule has 1 aliphatic rings. The number of hydrogen-bond acceptors (Lipinski definition) is 3. The summed E-state index contributed by atoms with van der Waals surface area (Å²) in [6.45, 7) is 7.29. The van der Waals surface area contributed by atoms with Crippen molar-refractivity contribution in [3.63, 3.8) is 0 Å². The van der Waals surface area contributed by atoms with Crippen molar-refractivity contribution >= 4 is 33.4 Å². The van der Waals surface area contributed by atoms with E-state index in [1.165, 1.54) is 4.88 Å². The number of nitrogens with zero attached hydrogens (tertiary/aromatic N) is 1. The fourth-order valence-electron chi connectivity index (χ4n) is 2.25. The number of carbonyl (C=O) groups excluding carboxylic acids is 1. The van der Waals surface area contributed by atoms with Crippen LogP contribution in [0, 0.1) is 0 Å². The van der Waals surface area contributed by atoms with E-state index in [9.17, 15) is 4.79 Å². The molecule has 1 unspecified atom stereocenters. The highest BCUT2D eigenvalue weighted by molar-refractivity contribution is 9.11. The van der Waals surface area contributed by atoms with Crippen LogP contribution >= 0.6 is 27.3 Å². The molecule has 1 atom stereocenters. The maximum Gasteiger partial charge on any atom is 0.410 e. The van der Waals surface area contributed by atoms with Crippen molar-refractivity contribution in [3.8, 4) is 0 Å². The zero-order chi connectivity index (χ0) is 14.0. The van der Waals surface area contributed by atoms with Gasteiger partial charge in [0.15, 0.2) is 0 Å². The first-order valence-electron chi connectivity index (χ1n) is 6.58.